The highest BCUT2D eigenvalue weighted by Crippen LogP contribution is 2.21. The Hall–Kier alpha value is -3.16. The van der Waals surface area contributed by atoms with E-state index in [9.17, 15) is 4.79 Å². The highest BCUT2D eigenvalue weighted by Gasteiger charge is 2.27. The van der Waals surface area contributed by atoms with Gasteiger partial charge in [0.25, 0.3) is 0 Å². The number of carbonyl (C=O) groups excluding carboxylic acids is 1. The van der Waals surface area contributed by atoms with Gasteiger partial charge in [-0.1, -0.05) is 6.07 Å². The Morgan fingerprint density at radius 3 is 2.93 bits per heavy atom. The molecule has 0 spiro atoms. The number of pyridine rings is 1. The van der Waals surface area contributed by atoms with Crippen LogP contribution in [0.3, 0.4) is 0 Å². The van der Waals surface area contributed by atoms with Crippen LogP contribution < -0.4 is 5.32 Å². The Morgan fingerprint density at radius 2 is 2.10 bits per heavy atom. The minimum atomic E-state index is -0.495. The molecule has 8 nitrogen and oxygen atoms in total. The van der Waals surface area contributed by atoms with Crippen LogP contribution in [0.4, 0.5) is 10.6 Å². The van der Waals surface area contributed by atoms with E-state index in [0.29, 0.717) is 18.9 Å². The van der Waals surface area contributed by atoms with Gasteiger partial charge in [-0.15, -0.1) is 0 Å². The first kappa shape index (κ1) is 19.2. The number of piperidine rings is 1. The van der Waals surface area contributed by atoms with Crippen molar-refractivity contribution in [3.05, 3.63) is 43.0 Å². The zero-order chi connectivity index (χ0) is 20.4. The third-order valence-electron chi connectivity index (χ3n) is 4.74. The lowest BCUT2D eigenvalue weighted by atomic mass is 10.1. The van der Waals surface area contributed by atoms with Crippen molar-refractivity contribution in [2.75, 3.05) is 18.4 Å². The lowest BCUT2D eigenvalue weighted by molar-refractivity contribution is 0.0206. The molecule has 0 aromatic carbocycles. The highest BCUT2D eigenvalue weighted by molar-refractivity contribution is 5.68. The van der Waals surface area contributed by atoms with Gasteiger partial charge >= 0.3 is 6.09 Å². The van der Waals surface area contributed by atoms with Crippen molar-refractivity contribution < 1.29 is 9.53 Å². The van der Waals surface area contributed by atoms with E-state index in [0.717, 1.165) is 29.9 Å². The Balaban J connectivity index is 1.47. The van der Waals surface area contributed by atoms with Gasteiger partial charge in [0, 0.05) is 25.3 Å². The van der Waals surface area contributed by atoms with Crippen LogP contribution in [-0.4, -0.2) is 55.1 Å². The predicted molar refractivity (Wildman–Crippen MR) is 111 cm³/mol. The molecule has 1 atom stereocenters. The number of amides is 1. The Kier molecular flexibility index (Phi) is 5.08. The number of aromatic nitrogens is 4. The Labute approximate surface area is 169 Å². The number of likely N-dealkylation sites (tertiary alicyclic amines) is 1. The standard InChI is InChI=1S/C21H26N6O2/c1-21(2,3)29-20(28)26-9-6-7-15(14-26)24-18-13-22-11-16(25-18)17-12-23-19-8-4-5-10-27(17)19/h4-5,8,10-13,15H,6-7,9,14H2,1-3H3,(H,24,25)/t15-/m1/s1. The fourth-order valence-electron chi connectivity index (χ4n) is 3.48. The molecule has 0 unspecified atom stereocenters. The quantitative estimate of drug-likeness (QED) is 0.731. The number of imidazole rings is 1. The number of rotatable bonds is 3. The zero-order valence-electron chi connectivity index (χ0n) is 17.0. The van der Waals surface area contributed by atoms with E-state index >= 15 is 0 Å². The molecule has 29 heavy (non-hydrogen) atoms. The van der Waals surface area contributed by atoms with Crippen molar-refractivity contribution in [3.63, 3.8) is 0 Å². The summed E-state index contributed by atoms with van der Waals surface area (Å²) in [4.78, 5) is 27.6. The van der Waals surface area contributed by atoms with Crippen molar-refractivity contribution in [3.8, 4) is 11.4 Å². The number of hydrogen-bond acceptors (Lipinski definition) is 6. The number of ether oxygens (including phenoxy) is 1. The lowest BCUT2D eigenvalue weighted by Crippen LogP contribution is -2.47. The van der Waals surface area contributed by atoms with Crippen LogP contribution in [-0.2, 0) is 4.74 Å². The van der Waals surface area contributed by atoms with Crippen LogP contribution in [0.2, 0.25) is 0 Å². The summed E-state index contributed by atoms with van der Waals surface area (Å²) in [6.45, 7) is 6.93. The van der Waals surface area contributed by atoms with Gasteiger partial charge < -0.3 is 15.0 Å². The van der Waals surface area contributed by atoms with Crippen LogP contribution >= 0.6 is 0 Å². The monoisotopic (exact) mass is 394 g/mol. The summed E-state index contributed by atoms with van der Waals surface area (Å²) < 4.78 is 7.49. The molecule has 1 aliphatic rings. The molecule has 0 bridgehead atoms. The predicted octanol–water partition coefficient (Wildman–Crippen LogP) is 3.60. The van der Waals surface area contributed by atoms with E-state index < -0.39 is 5.60 Å². The SMILES string of the molecule is CC(C)(C)OC(=O)N1CCC[C@@H](Nc2cncc(-c3cnc4ccccn34)n2)C1. The molecular formula is C21H26N6O2. The number of hydrogen-bond donors (Lipinski definition) is 1. The third-order valence-corrected chi connectivity index (χ3v) is 4.74. The second-order valence-electron chi connectivity index (χ2n) is 8.27. The molecule has 3 aromatic rings. The summed E-state index contributed by atoms with van der Waals surface area (Å²) in [5.41, 5.74) is 2.00. The minimum absolute atomic E-state index is 0.100. The van der Waals surface area contributed by atoms with Crippen LogP contribution in [0.1, 0.15) is 33.6 Å². The molecular weight excluding hydrogens is 368 g/mol. The second kappa shape index (κ2) is 7.69. The maximum atomic E-state index is 12.4. The van der Waals surface area contributed by atoms with Gasteiger partial charge in [-0.2, -0.15) is 0 Å². The molecule has 1 N–H and O–H groups in total. The fourth-order valence-corrected chi connectivity index (χ4v) is 3.48. The molecule has 3 aromatic heterocycles. The molecule has 1 saturated heterocycles. The largest absolute Gasteiger partial charge is 0.444 e. The molecule has 1 amide bonds. The van der Waals surface area contributed by atoms with Gasteiger partial charge in [0.05, 0.1) is 24.3 Å². The molecule has 1 aliphatic heterocycles. The van der Waals surface area contributed by atoms with E-state index in [2.05, 4.69) is 15.3 Å². The fraction of sp³-hybridized carbons (Fsp3) is 0.429. The van der Waals surface area contributed by atoms with Gasteiger partial charge in [0.2, 0.25) is 0 Å². The Morgan fingerprint density at radius 1 is 1.24 bits per heavy atom. The molecule has 152 valence electrons. The van der Waals surface area contributed by atoms with E-state index in [4.69, 9.17) is 9.72 Å². The molecule has 4 heterocycles. The van der Waals surface area contributed by atoms with E-state index in [1.807, 2.05) is 49.6 Å². The van der Waals surface area contributed by atoms with Gasteiger partial charge in [0.15, 0.2) is 0 Å². The van der Waals surface area contributed by atoms with Crippen LogP contribution in [0.25, 0.3) is 17.0 Å². The van der Waals surface area contributed by atoms with E-state index in [1.54, 1.807) is 23.5 Å². The van der Waals surface area contributed by atoms with Crippen LogP contribution in [0, 0.1) is 0 Å². The first-order valence-corrected chi connectivity index (χ1v) is 9.88. The van der Waals surface area contributed by atoms with Crippen LogP contribution in [0.5, 0.6) is 0 Å². The maximum Gasteiger partial charge on any atom is 0.410 e. The third kappa shape index (κ3) is 4.47. The molecule has 8 heteroatoms. The first-order chi connectivity index (χ1) is 13.9. The summed E-state index contributed by atoms with van der Waals surface area (Å²) in [5, 5.41) is 3.43. The number of nitrogens with zero attached hydrogens (tertiary/aromatic N) is 5. The summed E-state index contributed by atoms with van der Waals surface area (Å²) in [5.74, 6) is 0.685. The highest BCUT2D eigenvalue weighted by atomic mass is 16.6. The normalized spacial score (nSPS) is 17.3. The minimum Gasteiger partial charge on any atom is -0.444 e. The smallest absolute Gasteiger partial charge is 0.410 e. The van der Waals surface area contributed by atoms with Gasteiger partial charge in [-0.25, -0.2) is 14.8 Å². The van der Waals surface area contributed by atoms with Crippen molar-refractivity contribution in [2.45, 2.75) is 45.3 Å². The van der Waals surface area contributed by atoms with Gasteiger partial charge in [-0.05, 0) is 45.7 Å². The first-order valence-electron chi connectivity index (χ1n) is 9.88. The molecule has 1 fully saturated rings. The number of nitrogens with one attached hydrogen (secondary N) is 1. The van der Waals surface area contributed by atoms with E-state index in [-0.39, 0.29) is 12.1 Å². The van der Waals surface area contributed by atoms with Gasteiger partial charge in [-0.3, -0.25) is 9.38 Å². The van der Waals surface area contributed by atoms with Gasteiger partial charge in [0.1, 0.15) is 22.8 Å². The summed E-state index contributed by atoms with van der Waals surface area (Å²) >= 11 is 0. The molecule has 0 aliphatic carbocycles. The van der Waals surface area contributed by atoms with Crippen molar-refractivity contribution in [2.24, 2.45) is 0 Å². The van der Waals surface area contributed by atoms with Crippen molar-refractivity contribution in [1.29, 1.82) is 0 Å². The topological polar surface area (TPSA) is 84.6 Å². The zero-order valence-corrected chi connectivity index (χ0v) is 17.0. The van der Waals surface area contributed by atoms with Crippen molar-refractivity contribution >= 4 is 17.6 Å². The summed E-state index contributed by atoms with van der Waals surface area (Å²) in [6, 6.07) is 5.96. The van der Waals surface area contributed by atoms with Crippen LogP contribution in [0.15, 0.2) is 43.0 Å². The average molecular weight is 394 g/mol. The van der Waals surface area contributed by atoms with Crippen molar-refractivity contribution in [1.82, 2.24) is 24.3 Å². The second-order valence-corrected chi connectivity index (χ2v) is 8.27. The lowest BCUT2D eigenvalue weighted by Gasteiger charge is -2.34. The Bertz CT molecular complexity index is 1010. The number of carbonyl (C=O) groups is 1. The number of fused-ring (bicyclic) bond motifs is 1. The number of anilines is 1. The van der Waals surface area contributed by atoms with E-state index in [1.165, 1.54) is 0 Å². The molecule has 0 radical (unpaired) electrons. The summed E-state index contributed by atoms with van der Waals surface area (Å²) in [7, 11) is 0. The maximum absolute atomic E-state index is 12.4. The molecule has 0 saturated carbocycles. The molecule has 4 rings (SSSR count). The summed E-state index contributed by atoms with van der Waals surface area (Å²) in [6.07, 6.45) is 8.80. The average Bonchev–Trinajstić information content (AvgIpc) is 3.11.